The van der Waals surface area contributed by atoms with Gasteiger partial charge in [-0.3, -0.25) is 24.6 Å². The number of anilines is 2. The number of carbonyl (C=O) groups is 2. The second kappa shape index (κ2) is 8.46. The molecule has 0 N–H and O–H groups in total. The number of fused-ring (bicyclic) bond motifs is 2. The molecule has 2 aromatic rings. The molecule has 1 heterocycles. The molecule has 0 aromatic heterocycles. The molecule has 2 aliphatic carbocycles. The second-order valence-corrected chi connectivity index (χ2v) is 9.18. The summed E-state index contributed by atoms with van der Waals surface area (Å²) < 4.78 is 5.57. The van der Waals surface area contributed by atoms with Gasteiger partial charge in [-0.1, -0.05) is 48.0 Å². The van der Waals surface area contributed by atoms with Crippen molar-refractivity contribution in [3.63, 3.8) is 0 Å². The third kappa shape index (κ3) is 3.71. The lowest BCUT2D eigenvalue weighted by atomic mass is 9.61. The molecule has 0 spiro atoms. The van der Waals surface area contributed by atoms with Crippen LogP contribution in [0.25, 0.3) is 0 Å². The molecule has 33 heavy (non-hydrogen) atoms. The Morgan fingerprint density at radius 2 is 1.64 bits per heavy atom. The average Bonchev–Trinajstić information content (AvgIpc) is 3.11. The number of nitrogens with zero attached hydrogens (tertiary/aromatic N) is 2. The van der Waals surface area contributed by atoms with Gasteiger partial charge in [0.1, 0.15) is 6.10 Å². The van der Waals surface area contributed by atoms with Gasteiger partial charge in [-0.25, -0.2) is 0 Å². The Bertz CT molecular complexity index is 1060. The number of benzene rings is 2. The molecule has 0 radical (unpaired) electrons. The number of esters is 1. The Kier molecular flexibility index (Phi) is 5.48. The molecule has 1 aliphatic heterocycles. The Morgan fingerprint density at radius 3 is 2.21 bits per heavy atom. The van der Waals surface area contributed by atoms with E-state index < -0.39 is 24.0 Å². The van der Waals surface area contributed by atoms with Gasteiger partial charge in [0.05, 0.1) is 11.8 Å². The van der Waals surface area contributed by atoms with Crippen LogP contribution in [0.5, 0.6) is 0 Å². The number of rotatable bonds is 4. The van der Waals surface area contributed by atoms with E-state index in [0.717, 1.165) is 16.9 Å². The highest BCUT2D eigenvalue weighted by atomic mass is 16.6. The van der Waals surface area contributed by atoms with Crippen LogP contribution in [-0.4, -0.2) is 28.9 Å². The van der Waals surface area contributed by atoms with Crippen molar-refractivity contribution in [2.24, 2.45) is 23.7 Å². The van der Waals surface area contributed by atoms with Gasteiger partial charge in [-0.05, 0) is 43.5 Å². The Hall–Kier alpha value is -3.48. The number of amides is 1. The van der Waals surface area contributed by atoms with Crippen molar-refractivity contribution in [1.29, 1.82) is 0 Å². The SMILES string of the molecule is C[C@H]1OC(=O)[C@@H]2C=C3C[C@H]([N+](=O)[O-])CC[C@@H]3[C@H](C(=O)N(c3ccccc3)c3ccccc3)[C@H]12. The number of para-hydroxylation sites is 2. The van der Waals surface area contributed by atoms with Crippen LogP contribution < -0.4 is 4.90 Å². The topological polar surface area (TPSA) is 89.7 Å². The molecule has 1 amide bonds. The van der Waals surface area contributed by atoms with Crippen molar-refractivity contribution >= 4 is 23.3 Å². The fourth-order valence-electron chi connectivity index (χ4n) is 5.89. The average molecular weight is 447 g/mol. The van der Waals surface area contributed by atoms with Crippen LogP contribution in [0.4, 0.5) is 11.4 Å². The lowest BCUT2D eigenvalue weighted by molar-refractivity contribution is -0.524. The zero-order valence-corrected chi connectivity index (χ0v) is 18.4. The van der Waals surface area contributed by atoms with Gasteiger partial charge in [0.15, 0.2) is 0 Å². The summed E-state index contributed by atoms with van der Waals surface area (Å²) >= 11 is 0. The van der Waals surface area contributed by atoms with Crippen molar-refractivity contribution in [2.45, 2.75) is 38.3 Å². The molecule has 0 unspecified atom stereocenters. The Labute approximate surface area is 192 Å². The predicted molar refractivity (Wildman–Crippen MR) is 122 cm³/mol. The first-order chi connectivity index (χ1) is 16.0. The molecule has 170 valence electrons. The zero-order valence-electron chi connectivity index (χ0n) is 18.4. The lowest BCUT2D eigenvalue weighted by Gasteiger charge is -2.43. The fourth-order valence-corrected chi connectivity index (χ4v) is 5.89. The minimum Gasteiger partial charge on any atom is -0.462 e. The summed E-state index contributed by atoms with van der Waals surface area (Å²) in [7, 11) is 0. The molecule has 5 rings (SSSR count). The molecule has 2 fully saturated rings. The molecule has 1 saturated heterocycles. The Balaban J connectivity index is 1.59. The van der Waals surface area contributed by atoms with Crippen LogP contribution >= 0.6 is 0 Å². The normalized spacial score (nSPS) is 30.5. The quantitative estimate of drug-likeness (QED) is 0.298. The maximum absolute atomic E-state index is 14.4. The summed E-state index contributed by atoms with van der Waals surface area (Å²) in [4.78, 5) is 40.0. The largest absolute Gasteiger partial charge is 0.462 e. The van der Waals surface area contributed by atoms with Crippen LogP contribution in [-0.2, 0) is 14.3 Å². The molecular weight excluding hydrogens is 420 g/mol. The molecule has 3 aliphatic rings. The van der Waals surface area contributed by atoms with E-state index in [-0.39, 0.29) is 35.1 Å². The summed E-state index contributed by atoms with van der Waals surface area (Å²) in [6.07, 6.45) is 2.74. The highest BCUT2D eigenvalue weighted by molar-refractivity contribution is 6.03. The monoisotopic (exact) mass is 446 g/mol. The Morgan fingerprint density at radius 1 is 1.03 bits per heavy atom. The molecular formula is C26H26N2O5. The predicted octanol–water partition coefficient (Wildman–Crippen LogP) is 4.53. The van der Waals surface area contributed by atoms with E-state index in [1.807, 2.05) is 73.7 Å². The number of hydrogen-bond acceptors (Lipinski definition) is 5. The summed E-state index contributed by atoms with van der Waals surface area (Å²) in [6.45, 7) is 1.85. The van der Waals surface area contributed by atoms with Crippen molar-refractivity contribution in [3.8, 4) is 0 Å². The van der Waals surface area contributed by atoms with Gasteiger partial charge in [0.25, 0.3) is 0 Å². The van der Waals surface area contributed by atoms with E-state index in [0.29, 0.717) is 12.8 Å². The first-order valence-electron chi connectivity index (χ1n) is 11.4. The van der Waals surface area contributed by atoms with E-state index in [1.165, 1.54) is 0 Å². The van der Waals surface area contributed by atoms with Gasteiger partial charge in [-0.2, -0.15) is 0 Å². The van der Waals surface area contributed by atoms with Crippen molar-refractivity contribution in [1.82, 2.24) is 0 Å². The van der Waals surface area contributed by atoms with E-state index >= 15 is 0 Å². The molecule has 6 atom stereocenters. The van der Waals surface area contributed by atoms with Gasteiger partial charge >= 0.3 is 5.97 Å². The fraction of sp³-hybridized carbons (Fsp3) is 0.385. The number of ether oxygens (including phenoxy) is 1. The maximum Gasteiger partial charge on any atom is 0.313 e. The first kappa shape index (κ1) is 21.4. The van der Waals surface area contributed by atoms with E-state index in [9.17, 15) is 19.7 Å². The highest BCUT2D eigenvalue weighted by Gasteiger charge is 2.56. The minimum absolute atomic E-state index is 0.0947. The summed E-state index contributed by atoms with van der Waals surface area (Å²) in [5, 5.41) is 11.5. The van der Waals surface area contributed by atoms with E-state index in [2.05, 4.69) is 0 Å². The maximum atomic E-state index is 14.4. The summed E-state index contributed by atoms with van der Waals surface area (Å²) in [5.74, 6) is -1.90. The van der Waals surface area contributed by atoms with Crippen molar-refractivity contribution < 1.29 is 19.2 Å². The first-order valence-corrected chi connectivity index (χ1v) is 11.4. The third-order valence-electron chi connectivity index (χ3n) is 7.36. The van der Waals surface area contributed by atoms with Gasteiger partial charge in [-0.15, -0.1) is 0 Å². The van der Waals surface area contributed by atoms with E-state index in [1.54, 1.807) is 4.90 Å². The van der Waals surface area contributed by atoms with Crippen LogP contribution in [0, 0.1) is 33.8 Å². The van der Waals surface area contributed by atoms with Gasteiger partial charge in [0, 0.05) is 35.1 Å². The number of nitro groups is 1. The number of hydrogen-bond donors (Lipinski definition) is 0. The molecule has 7 heteroatoms. The molecule has 0 bridgehead atoms. The van der Waals surface area contributed by atoms with Gasteiger partial charge < -0.3 is 4.74 Å². The zero-order chi connectivity index (χ0) is 23.1. The van der Waals surface area contributed by atoms with Crippen LogP contribution in [0.15, 0.2) is 72.3 Å². The standard InChI is InChI=1S/C26H26N2O5/c1-16-23-22(26(30)33-16)15-17-14-20(28(31)32)12-13-21(17)24(23)25(29)27(18-8-4-2-5-9-18)19-10-6-3-7-11-19/h2-11,15-16,20-24H,12-14H2,1H3/t16-,20-,21+,22-,23-,24+/m1/s1. The van der Waals surface area contributed by atoms with Gasteiger partial charge in [0.2, 0.25) is 11.9 Å². The van der Waals surface area contributed by atoms with Crippen LogP contribution in [0.3, 0.4) is 0 Å². The third-order valence-corrected chi connectivity index (χ3v) is 7.36. The smallest absolute Gasteiger partial charge is 0.313 e. The van der Waals surface area contributed by atoms with Crippen LogP contribution in [0.1, 0.15) is 26.2 Å². The van der Waals surface area contributed by atoms with Crippen molar-refractivity contribution in [2.75, 3.05) is 4.90 Å². The summed E-state index contributed by atoms with van der Waals surface area (Å²) in [6, 6.07) is 18.3. The molecule has 7 nitrogen and oxygen atoms in total. The lowest BCUT2D eigenvalue weighted by Crippen LogP contribution is -2.48. The van der Waals surface area contributed by atoms with Crippen LogP contribution in [0.2, 0.25) is 0 Å². The summed E-state index contributed by atoms with van der Waals surface area (Å²) in [5.41, 5.74) is 2.35. The molecule has 2 aromatic carbocycles. The molecule has 1 saturated carbocycles. The highest BCUT2D eigenvalue weighted by Crippen LogP contribution is 2.51. The number of carbonyl (C=O) groups excluding carboxylic acids is 2. The minimum atomic E-state index is -0.672. The van der Waals surface area contributed by atoms with Crippen molar-refractivity contribution in [3.05, 3.63) is 82.4 Å². The number of cyclic esters (lactones) is 1. The van der Waals surface area contributed by atoms with E-state index in [4.69, 9.17) is 4.74 Å². The second-order valence-electron chi connectivity index (χ2n) is 9.18.